The van der Waals surface area contributed by atoms with Gasteiger partial charge in [0.25, 0.3) is 0 Å². The van der Waals surface area contributed by atoms with Crippen molar-refractivity contribution in [1.29, 1.82) is 0 Å². The molecule has 29 heavy (non-hydrogen) atoms. The molecule has 3 aliphatic rings. The number of hydrogen-bond donors (Lipinski definition) is 0. The number of hydrogen-bond acceptors (Lipinski definition) is 3. The molecule has 1 heterocycles. The Hall–Kier alpha value is -2.36. The summed E-state index contributed by atoms with van der Waals surface area (Å²) >= 11 is 0. The molecule has 0 aliphatic heterocycles. The molecule has 0 spiro atoms. The molecular weight excluding hydrogens is 360 g/mol. The predicted octanol–water partition coefficient (Wildman–Crippen LogP) is 4.94. The summed E-state index contributed by atoms with van der Waals surface area (Å²) in [5.41, 5.74) is 4.80. The Bertz CT molecular complexity index is 988. The number of benzene rings is 1. The first kappa shape index (κ1) is 18.7. The standard InChI is InChI=1S/C25H30N2O2/c1-4-29-19-6-8-20-17(12-19)5-7-22-21(20)9-10-25(2)23(22)13-18(24(25)28)11-16-14-26-27(3)15-16/h6,8,11-12,14-15,21-23H,4-5,7,9-10,13H2,1-3H3/b18-11+/t21-,22+,23-,25-/m1/s1. The van der Waals surface area contributed by atoms with Crippen molar-refractivity contribution < 1.29 is 9.53 Å². The molecule has 1 aromatic carbocycles. The lowest BCUT2D eigenvalue weighted by Crippen LogP contribution is -2.42. The normalized spacial score (nSPS) is 32.0. The van der Waals surface area contributed by atoms with Crippen molar-refractivity contribution in [1.82, 2.24) is 9.78 Å². The van der Waals surface area contributed by atoms with Gasteiger partial charge in [0.1, 0.15) is 5.75 Å². The number of aryl methyl sites for hydroxylation is 2. The first-order chi connectivity index (χ1) is 14.0. The third kappa shape index (κ3) is 2.95. The lowest BCUT2D eigenvalue weighted by atomic mass is 9.55. The number of nitrogens with zero attached hydrogens (tertiary/aromatic N) is 2. The molecule has 0 saturated heterocycles. The monoisotopic (exact) mass is 390 g/mol. The maximum absolute atomic E-state index is 13.4. The van der Waals surface area contributed by atoms with E-state index in [9.17, 15) is 4.79 Å². The average Bonchev–Trinajstić information content (AvgIpc) is 3.23. The number of ketones is 1. The average molecular weight is 391 g/mol. The highest BCUT2D eigenvalue weighted by atomic mass is 16.5. The predicted molar refractivity (Wildman–Crippen MR) is 114 cm³/mol. The molecule has 5 rings (SSSR count). The van der Waals surface area contributed by atoms with Gasteiger partial charge < -0.3 is 4.74 Å². The maximum atomic E-state index is 13.4. The van der Waals surface area contributed by atoms with Crippen LogP contribution in [0.2, 0.25) is 0 Å². The molecule has 4 atom stereocenters. The number of Topliss-reactive ketones (excluding diaryl/α,β-unsaturated/α-hetero) is 1. The third-order valence-electron chi connectivity index (χ3n) is 7.71. The van der Waals surface area contributed by atoms with E-state index in [0.717, 1.165) is 42.6 Å². The Morgan fingerprint density at radius 1 is 1.34 bits per heavy atom. The number of carbonyl (C=O) groups is 1. The van der Waals surface area contributed by atoms with Gasteiger partial charge in [-0.25, -0.2) is 0 Å². The molecule has 0 radical (unpaired) electrons. The molecule has 0 unspecified atom stereocenters. The second-order valence-electron chi connectivity index (χ2n) is 9.32. The quantitative estimate of drug-likeness (QED) is 0.698. The summed E-state index contributed by atoms with van der Waals surface area (Å²) in [6, 6.07) is 6.67. The number of fused-ring (bicyclic) bond motifs is 5. The van der Waals surface area contributed by atoms with Crippen LogP contribution in [-0.2, 0) is 18.3 Å². The Morgan fingerprint density at radius 3 is 2.97 bits per heavy atom. The van der Waals surface area contributed by atoms with E-state index in [1.54, 1.807) is 4.68 Å². The number of carbonyl (C=O) groups excluding carboxylic acids is 1. The van der Waals surface area contributed by atoms with Crippen molar-refractivity contribution >= 4 is 11.9 Å². The highest BCUT2D eigenvalue weighted by molar-refractivity contribution is 6.05. The van der Waals surface area contributed by atoms with Gasteiger partial charge in [-0.3, -0.25) is 9.48 Å². The van der Waals surface area contributed by atoms with Crippen LogP contribution >= 0.6 is 0 Å². The molecule has 0 N–H and O–H groups in total. The van der Waals surface area contributed by atoms with Gasteiger partial charge in [-0.1, -0.05) is 13.0 Å². The maximum Gasteiger partial charge on any atom is 0.165 e. The van der Waals surface area contributed by atoms with Gasteiger partial charge in [0.2, 0.25) is 0 Å². The minimum atomic E-state index is -0.196. The Balaban J connectivity index is 1.45. The summed E-state index contributed by atoms with van der Waals surface area (Å²) in [5.74, 6) is 3.00. The SMILES string of the molecule is CCOc1ccc2c(c1)CC[C@H]1[C@@H]2CC[C@@]2(C)C(=O)/C(=C/c3cnn(C)c3)C[C@H]12. The second kappa shape index (κ2) is 6.86. The molecule has 4 heteroatoms. The Morgan fingerprint density at radius 2 is 2.21 bits per heavy atom. The van der Waals surface area contributed by atoms with Gasteiger partial charge in [-0.2, -0.15) is 5.10 Å². The van der Waals surface area contributed by atoms with E-state index in [-0.39, 0.29) is 5.41 Å². The highest BCUT2D eigenvalue weighted by Gasteiger charge is 2.56. The van der Waals surface area contributed by atoms with E-state index in [1.165, 1.54) is 17.5 Å². The number of rotatable bonds is 3. The van der Waals surface area contributed by atoms with Crippen molar-refractivity contribution in [2.45, 2.75) is 51.9 Å². The third-order valence-corrected chi connectivity index (χ3v) is 7.71. The van der Waals surface area contributed by atoms with Crippen LogP contribution in [0.3, 0.4) is 0 Å². The summed E-state index contributed by atoms with van der Waals surface area (Å²) in [5, 5.41) is 4.25. The smallest absolute Gasteiger partial charge is 0.165 e. The number of allylic oxidation sites excluding steroid dienone is 1. The van der Waals surface area contributed by atoms with Gasteiger partial charge in [0, 0.05) is 24.2 Å². The van der Waals surface area contributed by atoms with Crippen LogP contribution in [0.1, 0.15) is 62.1 Å². The first-order valence-electron chi connectivity index (χ1n) is 11.0. The van der Waals surface area contributed by atoms with Crippen LogP contribution in [0.25, 0.3) is 6.08 Å². The zero-order valence-corrected chi connectivity index (χ0v) is 17.6. The van der Waals surface area contributed by atoms with E-state index in [0.29, 0.717) is 30.1 Å². The van der Waals surface area contributed by atoms with E-state index in [4.69, 9.17) is 4.74 Å². The summed E-state index contributed by atoms with van der Waals surface area (Å²) in [4.78, 5) is 13.4. The molecule has 1 aromatic heterocycles. The fourth-order valence-corrected chi connectivity index (χ4v) is 6.33. The van der Waals surface area contributed by atoms with Crippen LogP contribution in [-0.4, -0.2) is 22.2 Å². The molecule has 0 bridgehead atoms. The molecule has 2 saturated carbocycles. The molecule has 2 fully saturated rings. The van der Waals surface area contributed by atoms with Gasteiger partial charge in [-0.15, -0.1) is 0 Å². The van der Waals surface area contributed by atoms with E-state index >= 15 is 0 Å². The minimum absolute atomic E-state index is 0.196. The lowest BCUT2D eigenvalue weighted by Gasteiger charge is -2.48. The molecular formula is C25H30N2O2. The van der Waals surface area contributed by atoms with Crippen LogP contribution in [0, 0.1) is 17.3 Å². The molecule has 2 aromatic rings. The summed E-state index contributed by atoms with van der Waals surface area (Å²) in [6.07, 6.45) is 11.2. The fraction of sp³-hybridized carbons (Fsp3) is 0.520. The Kier molecular flexibility index (Phi) is 4.41. The topological polar surface area (TPSA) is 44.1 Å². The molecule has 3 aliphatic carbocycles. The Labute approximate surface area is 173 Å². The van der Waals surface area contributed by atoms with Gasteiger partial charge >= 0.3 is 0 Å². The zero-order valence-electron chi connectivity index (χ0n) is 17.6. The van der Waals surface area contributed by atoms with Crippen molar-refractivity contribution in [3.05, 3.63) is 52.9 Å². The van der Waals surface area contributed by atoms with Crippen LogP contribution in [0.15, 0.2) is 36.2 Å². The van der Waals surface area contributed by atoms with E-state index in [2.05, 4.69) is 36.3 Å². The van der Waals surface area contributed by atoms with Crippen LogP contribution in [0.4, 0.5) is 0 Å². The van der Waals surface area contributed by atoms with E-state index < -0.39 is 0 Å². The minimum Gasteiger partial charge on any atom is -0.494 e. The number of ether oxygens (including phenoxy) is 1. The summed E-state index contributed by atoms with van der Waals surface area (Å²) < 4.78 is 7.52. The first-order valence-corrected chi connectivity index (χ1v) is 11.0. The van der Waals surface area contributed by atoms with Crippen molar-refractivity contribution in [2.75, 3.05) is 6.61 Å². The van der Waals surface area contributed by atoms with Crippen molar-refractivity contribution in [2.24, 2.45) is 24.3 Å². The van der Waals surface area contributed by atoms with Crippen LogP contribution < -0.4 is 4.74 Å². The van der Waals surface area contributed by atoms with Crippen molar-refractivity contribution in [3.8, 4) is 5.75 Å². The fourth-order valence-electron chi connectivity index (χ4n) is 6.33. The number of aromatic nitrogens is 2. The van der Waals surface area contributed by atoms with Crippen LogP contribution in [0.5, 0.6) is 5.75 Å². The molecule has 4 nitrogen and oxygen atoms in total. The zero-order chi connectivity index (χ0) is 20.2. The molecule has 0 amide bonds. The summed E-state index contributed by atoms with van der Waals surface area (Å²) in [7, 11) is 1.92. The van der Waals surface area contributed by atoms with E-state index in [1.807, 2.05) is 26.4 Å². The highest BCUT2D eigenvalue weighted by Crippen LogP contribution is 2.60. The lowest BCUT2D eigenvalue weighted by molar-refractivity contribution is -0.127. The molecule has 152 valence electrons. The van der Waals surface area contributed by atoms with Gasteiger partial charge in [-0.05, 0) is 91.7 Å². The largest absolute Gasteiger partial charge is 0.494 e. The van der Waals surface area contributed by atoms with Gasteiger partial charge in [0.05, 0.1) is 12.8 Å². The summed E-state index contributed by atoms with van der Waals surface area (Å²) in [6.45, 7) is 4.97. The van der Waals surface area contributed by atoms with Crippen molar-refractivity contribution in [3.63, 3.8) is 0 Å². The second-order valence-corrected chi connectivity index (χ2v) is 9.32. The van der Waals surface area contributed by atoms with Gasteiger partial charge in [0.15, 0.2) is 5.78 Å².